The van der Waals surface area contributed by atoms with E-state index in [0.29, 0.717) is 32.3 Å². The number of methoxy groups -OCH3 is 1. The lowest BCUT2D eigenvalue weighted by atomic mass is 9.87. The highest BCUT2D eigenvalue weighted by molar-refractivity contribution is 5.75. The molecule has 0 spiro atoms. The molecule has 42 heavy (non-hydrogen) atoms. The van der Waals surface area contributed by atoms with E-state index in [4.69, 9.17) is 18.9 Å². The standard InChI is InChI=1S/C34H42N2O6/c1-39-32-8-3-2-6-28(32)24-40-18-5-19-41-29-13-11-26(12-14-29)30-15-16-35-21-33(30)42-23-25-9-10-27-7-4-17-36(22-34(37)38)31(27)20-25/h2-3,6,8-14,20,30,33,35H,4-5,7,15-19,21-24H2,1H3,(H,37,38). The first-order chi connectivity index (χ1) is 20.6. The summed E-state index contributed by atoms with van der Waals surface area (Å²) in [6.07, 6.45) is 3.83. The van der Waals surface area contributed by atoms with Crippen LogP contribution in [0.4, 0.5) is 5.69 Å². The van der Waals surface area contributed by atoms with Crippen molar-refractivity contribution in [2.24, 2.45) is 0 Å². The lowest BCUT2D eigenvalue weighted by molar-refractivity contribution is -0.135. The Balaban J connectivity index is 1.09. The Morgan fingerprint density at radius 1 is 1.05 bits per heavy atom. The van der Waals surface area contributed by atoms with Crippen LogP contribution in [0.3, 0.4) is 0 Å². The number of ether oxygens (including phenoxy) is 4. The van der Waals surface area contributed by atoms with E-state index in [0.717, 1.165) is 73.6 Å². The number of nitrogens with zero attached hydrogens (tertiary/aromatic N) is 1. The number of hydrogen-bond donors (Lipinski definition) is 2. The van der Waals surface area contributed by atoms with Crippen LogP contribution in [-0.4, -0.2) is 63.7 Å². The van der Waals surface area contributed by atoms with Crippen molar-refractivity contribution in [2.75, 3.05) is 51.4 Å². The first-order valence-corrected chi connectivity index (χ1v) is 14.9. The fourth-order valence-corrected chi connectivity index (χ4v) is 5.87. The second-order valence-electron chi connectivity index (χ2n) is 11.0. The second kappa shape index (κ2) is 15.0. The number of carboxylic acids is 1. The molecule has 2 aliphatic heterocycles. The van der Waals surface area contributed by atoms with Gasteiger partial charge in [-0.3, -0.25) is 4.79 Å². The maximum Gasteiger partial charge on any atom is 0.323 e. The average molecular weight is 575 g/mol. The van der Waals surface area contributed by atoms with Crippen molar-refractivity contribution in [1.82, 2.24) is 5.32 Å². The highest BCUT2D eigenvalue weighted by Crippen LogP contribution is 2.32. The molecule has 0 bridgehead atoms. The fraction of sp³-hybridized carbons (Fsp3) is 0.441. The summed E-state index contributed by atoms with van der Waals surface area (Å²) in [6.45, 7) is 4.79. The van der Waals surface area contributed by atoms with Crippen LogP contribution in [0.25, 0.3) is 0 Å². The summed E-state index contributed by atoms with van der Waals surface area (Å²) in [5.41, 5.74) is 5.62. The molecule has 2 atom stereocenters. The zero-order chi connectivity index (χ0) is 29.1. The molecule has 224 valence electrons. The molecule has 2 aliphatic rings. The van der Waals surface area contributed by atoms with Gasteiger partial charge in [0.15, 0.2) is 0 Å². The Morgan fingerprint density at radius 2 is 1.90 bits per heavy atom. The molecule has 0 aliphatic carbocycles. The van der Waals surface area contributed by atoms with Crippen LogP contribution in [-0.2, 0) is 33.9 Å². The lowest BCUT2D eigenvalue weighted by Crippen LogP contribution is -2.41. The summed E-state index contributed by atoms with van der Waals surface area (Å²) in [7, 11) is 1.67. The van der Waals surface area contributed by atoms with Gasteiger partial charge in [0.2, 0.25) is 0 Å². The molecule has 0 saturated carbocycles. The SMILES string of the molecule is COc1ccccc1COCCCOc1ccc(C2CCNCC2OCc2ccc3c(c2)N(CC(=O)O)CCC3)cc1. The number of piperidine rings is 1. The average Bonchev–Trinajstić information content (AvgIpc) is 3.02. The largest absolute Gasteiger partial charge is 0.496 e. The number of hydrogen-bond acceptors (Lipinski definition) is 7. The Hall–Kier alpha value is -3.59. The number of fused-ring (bicyclic) bond motifs is 1. The van der Waals surface area contributed by atoms with Gasteiger partial charge >= 0.3 is 5.97 Å². The van der Waals surface area contributed by atoms with Crippen LogP contribution in [0.2, 0.25) is 0 Å². The molecule has 8 nitrogen and oxygen atoms in total. The third kappa shape index (κ3) is 8.03. The Labute approximate surface area is 248 Å². The van der Waals surface area contributed by atoms with E-state index in [1.54, 1.807) is 7.11 Å². The van der Waals surface area contributed by atoms with Crippen molar-refractivity contribution >= 4 is 11.7 Å². The molecular formula is C34H42N2O6. The molecule has 3 aromatic rings. The van der Waals surface area contributed by atoms with Gasteiger partial charge in [-0.15, -0.1) is 0 Å². The molecule has 3 aromatic carbocycles. The highest BCUT2D eigenvalue weighted by atomic mass is 16.5. The zero-order valence-electron chi connectivity index (χ0n) is 24.4. The van der Waals surface area contributed by atoms with Crippen LogP contribution < -0.4 is 19.7 Å². The van der Waals surface area contributed by atoms with E-state index < -0.39 is 5.97 Å². The zero-order valence-corrected chi connectivity index (χ0v) is 24.4. The number of para-hydroxylation sites is 1. The summed E-state index contributed by atoms with van der Waals surface area (Å²) in [5.74, 6) is 1.20. The van der Waals surface area contributed by atoms with E-state index in [9.17, 15) is 9.90 Å². The number of carbonyl (C=O) groups is 1. The number of aryl methyl sites for hydroxylation is 1. The molecule has 0 radical (unpaired) electrons. The van der Waals surface area contributed by atoms with E-state index >= 15 is 0 Å². The van der Waals surface area contributed by atoms with E-state index in [-0.39, 0.29) is 12.6 Å². The quantitative estimate of drug-likeness (QED) is 0.255. The number of aliphatic carboxylic acids is 1. The lowest BCUT2D eigenvalue weighted by Gasteiger charge is -2.33. The van der Waals surface area contributed by atoms with Crippen molar-refractivity contribution in [1.29, 1.82) is 0 Å². The molecule has 0 amide bonds. The van der Waals surface area contributed by atoms with Gasteiger partial charge in [0.05, 0.1) is 39.6 Å². The molecular weight excluding hydrogens is 532 g/mol. The number of carboxylic acid groups (broad SMARTS) is 1. The number of benzene rings is 3. The topological polar surface area (TPSA) is 89.5 Å². The van der Waals surface area contributed by atoms with Crippen LogP contribution >= 0.6 is 0 Å². The van der Waals surface area contributed by atoms with Crippen LogP contribution in [0, 0.1) is 0 Å². The normalized spacial score (nSPS) is 18.4. The van der Waals surface area contributed by atoms with Gasteiger partial charge in [-0.25, -0.2) is 0 Å². The van der Waals surface area contributed by atoms with Gasteiger partial charge in [-0.1, -0.05) is 42.5 Å². The maximum absolute atomic E-state index is 11.3. The highest BCUT2D eigenvalue weighted by Gasteiger charge is 2.27. The fourth-order valence-electron chi connectivity index (χ4n) is 5.87. The van der Waals surface area contributed by atoms with Crippen molar-refractivity contribution in [2.45, 2.75) is 50.9 Å². The molecule has 1 saturated heterocycles. The molecule has 8 heteroatoms. The summed E-state index contributed by atoms with van der Waals surface area (Å²) < 4.78 is 23.6. The summed E-state index contributed by atoms with van der Waals surface area (Å²) in [5, 5.41) is 12.8. The molecule has 1 fully saturated rings. The first kappa shape index (κ1) is 29.9. The minimum atomic E-state index is -0.800. The third-order valence-corrected chi connectivity index (χ3v) is 8.04. The second-order valence-corrected chi connectivity index (χ2v) is 11.0. The van der Waals surface area contributed by atoms with Gasteiger partial charge in [0.1, 0.15) is 18.0 Å². The van der Waals surface area contributed by atoms with E-state index in [1.165, 1.54) is 11.1 Å². The Morgan fingerprint density at radius 3 is 2.74 bits per heavy atom. The Bertz CT molecular complexity index is 1300. The summed E-state index contributed by atoms with van der Waals surface area (Å²) in [4.78, 5) is 13.3. The van der Waals surface area contributed by atoms with E-state index in [2.05, 4.69) is 35.6 Å². The third-order valence-electron chi connectivity index (χ3n) is 8.04. The van der Waals surface area contributed by atoms with Crippen molar-refractivity contribution in [3.05, 3.63) is 89.0 Å². The molecule has 2 unspecified atom stereocenters. The van der Waals surface area contributed by atoms with Crippen molar-refractivity contribution < 1.29 is 28.8 Å². The van der Waals surface area contributed by atoms with Gasteiger partial charge < -0.3 is 34.3 Å². The maximum atomic E-state index is 11.3. The van der Waals surface area contributed by atoms with Crippen molar-refractivity contribution in [3.63, 3.8) is 0 Å². The summed E-state index contributed by atoms with van der Waals surface area (Å²) >= 11 is 0. The monoisotopic (exact) mass is 574 g/mol. The van der Waals surface area contributed by atoms with Crippen LogP contribution in [0.1, 0.15) is 47.4 Å². The number of nitrogens with one attached hydrogen (secondary N) is 1. The number of rotatable bonds is 14. The van der Waals surface area contributed by atoms with Gasteiger partial charge in [-0.05, 0) is 66.8 Å². The molecule has 5 rings (SSSR count). The Kier molecular flexibility index (Phi) is 10.7. The van der Waals surface area contributed by atoms with Gasteiger partial charge in [0, 0.05) is 36.7 Å². The van der Waals surface area contributed by atoms with E-state index in [1.807, 2.05) is 41.3 Å². The van der Waals surface area contributed by atoms with Gasteiger partial charge in [0.25, 0.3) is 0 Å². The summed E-state index contributed by atoms with van der Waals surface area (Å²) in [6, 6.07) is 22.7. The molecule has 2 N–H and O–H groups in total. The first-order valence-electron chi connectivity index (χ1n) is 14.9. The molecule has 0 aromatic heterocycles. The van der Waals surface area contributed by atoms with Gasteiger partial charge in [-0.2, -0.15) is 0 Å². The minimum Gasteiger partial charge on any atom is -0.496 e. The minimum absolute atomic E-state index is 0.0311. The van der Waals surface area contributed by atoms with Crippen LogP contribution in [0.15, 0.2) is 66.7 Å². The smallest absolute Gasteiger partial charge is 0.323 e. The molecule has 2 heterocycles. The predicted molar refractivity (Wildman–Crippen MR) is 163 cm³/mol. The van der Waals surface area contributed by atoms with Crippen LogP contribution in [0.5, 0.6) is 11.5 Å². The number of anilines is 1. The van der Waals surface area contributed by atoms with Crippen molar-refractivity contribution in [3.8, 4) is 11.5 Å². The predicted octanol–water partition coefficient (Wildman–Crippen LogP) is 5.18.